The lowest BCUT2D eigenvalue weighted by Crippen LogP contribution is -2.40. The number of carbonyl (C=O) groups is 1. The molecule has 0 unspecified atom stereocenters. The van der Waals surface area contributed by atoms with Crippen LogP contribution < -0.4 is 0 Å². The van der Waals surface area contributed by atoms with Crippen LogP contribution >= 0.6 is 0 Å². The highest BCUT2D eigenvalue weighted by molar-refractivity contribution is 7.90. The van der Waals surface area contributed by atoms with Gasteiger partial charge >= 0.3 is 0 Å². The van der Waals surface area contributed by atoms with Crippen molar-refractivity contribution < 1.29 is 13.2 Å². The SMILES string of the molecule is Cc1c(C(=O)N2CCC[C@@H](c3c(S(C)(=O)=O)cnc4ncnn34)C2)cnn1C. The van der Waals surface area contributed by atoms with Crippen molar-refractivity contribution in [2.75, 3.05) is 19.3 Å². The molecule has 3 aromatic heterocycles. The van der Waals surface area contributed by atoms with Gasteiger partial charge in [0.1, 0.15) is 11.2 Å². The first-order valence-electron chi connectivity index (χ1n) is 8.94. The van der Waals surface area contributed by atoms with Crippen molar-refractivity contribution in [3.8, 4) is 0 Å². The molecule has 1 amide bonds. The zero-order chi connectivity index (χ0) is 20.1. The summed E-state index contributed by atoms with van der Waals surface area (Å²) < 4.78 is 27.8. The quantitative estimate of drug-likeness (QED) is 0.628. The summed E-state index contributed by atoms with van der Waals surface area (Å²) in [5.74, 6) is 0.0562. The van der Waals surface area contributed by atoms with Crippen LogP contribution in [0.25, 0.3) is 5.78 Å². The number of carbonyl (C=O) groups excluding carboxylic acids is 1. The van der Waals surface area contributed by atoms with Crippen LogP contribution in [0.15, 0.2) is 23.6 Å². The molecule has 1 fully saturated rings. The summed E-state index contributed by atoms with van der Waals surface area (Å²) in [7, 11) is -1.72. The van der Waals surface area contributed by atoms with Gasteiger partial charge in [-0.2, -0.15) is 19.7 Å². The van der Waals surface area contributed by atoms with Crippen molar-refractivity contribution >= 4 is 21.5 Å². The minimum absolute atomic E-state index is 0.0971. The predicted molar refractivity (Wildman–Crippen MR) is 99.7 cm³/mol. The van der Waals surface area contributed by atoms with Gasteiger partial charge in [-0.05, 0) is 19.8 Å². The van der Waals surface area contributed by atoms with E-state index in [2.05, 4.69) is 20.2 Å². The number of aryl methyl sites for hydroxylation is 1. The molecule has 0 saturated carbocycles. The van der Waals surface area contributed by atoms with Crippen LogP contribution in [0.3, 0.4) is 0 Å². The molecular formula is C17H21N7O3S. The van der Waals surface area contributed by atoms with E-state index in [1.54, 1.807) is 22.8 Å². The summed E-state index contributed by atoms with van der Waals surface area (Å²) in [6.07, 6.45) is 6.92. The minimum Gasteiger partial charge on any atom is -0.338 e. The summed E-state index contributed by atoms with van der Waals surface area (Å²) >= 11 is 0. The Labute approximate surface area is 162 Å². The number of sulfone groups is 1. The van der Waals surface area contributed by atoms with Gasteiger partial charge < -0.3 is 4.90 Å². The van der Waals surface area contributed by atoms with Crippen LogP contribution in [0.5, 0.6) is 0 Å². The maximum absolute atomic E-state index is 13.0. The standard InChI is InChI=1S/C17H21N7O3S/c1-11-13(7-20-22(11)2)16(25)23-6-4-5-12(9-23)15-14(28(3,26)27)8-18-17-19-10-21-24(15)17/h7-8,10,12H,4-6,9H2,1-3H3/t12-/m1/s1. The van der Waals surface area contributed by atoms with Gasteiger partial charge in [-0.3, -0.25) is 9.48 Å². The molecule has 0 bridgehead atoms. The van der Waals surface area contributed by atoms with Crippen molar-refractivity contribution in [2.24, 2.45) is 7.05 Å². The summed E-state index contributed by atoms with van der Waals surface area (Å²) in [5, 5.41) is 8.32. The third-order valence-electron chi connectivity index (χ3n) is 5.27. The van der Waals surface area contributed by atoms with Crippen LogP contribution in [0.1, 0.15) is 40.5 Å². The number of hydrogen-bond acceptors (Lipinski definition) is 7. The van der Waals surface area contributed by atoms with Crippen LogP contribution in [-0.4, -0.2) is 67.9 Å². The molecule has 4 heterocycles. The number of amides is 1. The number of hydrogen-bond donors (Lipinski definition) is 0. The van der Waals surface area contributed by atoms with E-state index in [1.807, 2.05) is 6.92 Å². The Hall–Kier alpha value is -2.82. The van der Waals surface area contributed by atoms with E-state index in [-0.39, 0.29) is 16.7 Å². The summed E-state index contributed by atoms with van der Waals surface area (Å²) in [5.41, 5.74) is 1.89. The zero-order valence-corrected chi connectivity index (χ0v) is 16.7. The molecule has 1 saturated heterocycles. The maximum Gasteiger partial charge on any atom is 0.257 e. The van der Waals surface area contributed by atoms with Gasteiger partial charge in [-0.15, -0.1) is 0 Å². The highest BCUT2D eigenvalue weighted by Crippen LogP contribution is 2.32. The van der Waals surface area contributed by atoms with E-state index < -0.39 is 9.84 Å². The number of nitrogens with zero attached hydrogens (tertiary/aromatic N) is 7. The maximum atomic E-state index is 13.0. The average Bonchev–Trinajstić information content (AvgIpc) is 3.27. The first-order valence-corrected chi connectivity index (χ1v) is 10.8. The molecule has 0 aliphatic carbocycles. The van der Waals surface area contributed by atoms with E-state index in [1.165, 1.54) is 17.0 Å². The number of likely N-dealkylation sites (tertiary alicyclic amines) is 1. The van der Waals surface area contributed by atoms with Crippen molar-refractivity contribution in [2.45, 2.75) is 30.6 Å². The third kappa shape index (κ3) is 3.05. The first-order chi connectivity index (χ1) is 13.3. The molecule has 11 heteroatoms. The van der Waals surface area contributed by atoms with Crippen LogP contribution in [0.4, 0.5) is 0 Å². The van der Waals surface area contributed by atoms with E-state index in [9.17, 15) is 13.2 Å². The van der Waals surface area contributed by atoms with Crippen LogP contribution in [0.2, 0.25) is 0 Å². The lowest BCUT2D eigenvalue weighted by atomic mass is 9.94. The largest absolute Gasteiger partial charge is 0.338 e. The lowest BCUT2D eigenvalue weighted by Gasteiger charge is -2.33. The predicted octanol–water partition coefficient (Wildman–Crippen LogP) is 0.590. The van der Waals surface area contributed by atoms with Crippen LogP contribution in [0, 0.1) is 6.92 Å². The van der Waals surface area contributed by atoms with Gasteiger partial charge in [0.2, 0.25) is 0 Å². The van der Waals surface area contributed by atoms with Gasteiger partial charge in [0.15, 0.2) is 9.84 Å². The Kier molecular flexibility index (Phi) is 4.41. The van der Waals surface area contributed by atoms with Crippen molar-refractivity contribution in [1.29, 1.82) is 0 Å². The van der Waals surface area contributed by atoms with E-state index >= 15 is 0 Å². The fraction of sp³-hybridized carbons (Fsp3) is 0.471. The average molecular weight is 403 g/mol. The molecule has 1 aliphatic rings. The Morgan fingerprint density at radius 2 is 2.00 bits per heavy atom. The van der Waals surface area contributed by atoms with Gasteiger partial charge in [-0.25, -0.2) is 13.4 Å². The Balaban J connectivity index is 1.73. The second kappa shape index (κ2) is 6.66. The van der Waals surface area contributed by atoms with E-state index in [0.717, 1.165) is 24.8 Å². The number of aromatic nitrogens is 6. The minimum atomic E-state index is -3.51. The molecular weight excluding hydrogens is 382 g/mol. The van der Waals surface area contributed by atoms with Crippen molar-refractivity contribution in [1.82, 2.24) is 34.3 Å². The number of rotatable bonds is 3. The summed E-state index contributed by atoms with van der Waals surface area (Å²) in [6.45, 7) is 2.86. The zero-order valence-electron chi connectivity index (χ0n) is 15.9. The molecule has 3 aromatic rings. The summed E-state index contributed by atoms with van der Waals surface area (Å²) in [4.78, 5) is 23.1. The second-order valence-electron chi connectivity index (χ2n) is 7.11. The summed E-state index contributed by atoms with van der Waals surface area (Å²) in [6, 6.07) is 0. The monoisotopic (exact) mass is 403 g/mol. The second-order valence-corrected chi connectivity index (χ2v) is 9.09. The van der Waals surface area contributed by atoms with Crippen LogP contribution in [-0.2, 0) is 16.9 Å². The fourth-order valence-electron chi connectivity index (χ4n) is 3.70. The highest BCUT2D eigenvalue weighted by atomic mass is 32.2. The van der Waals surface area contributed by atoms with E-state index in [0.29, 0.717) is 30.1 Å². The third-order valence-corrected chi connectivity index (χ3v) is 6.38. The molecule has 1 atom stereocenters. The molecule has 148 valence electrons. The van der Waals surface area contributed by atoms with Crippen molar-refractivity contribution in [3.63, 3.8) is 0 Å². The molecule has 0 aromatic carbocycles. The number of fused-ring (bicyclic) bond motifs is 1. The van der Waals surface area contributed by atoms with Gasteiger partial charge in [0, 0.05) is 38.0 Å². The normalized spacial score (nSPS) is 18.0. The van der Waals surface area contributed by atoms with E-state index in [4.69, 9.17) is 0 Å². The molecule has 4 rings (SSSR count). The Bertz CT molecular complexity index is 1160. The van der Waals surface area contributed by atoms with Gasteiger partial charge in [0.05, 0.1) is 23.7 Å². The highest BCUT2D eigenvalue weighted by Gasteiger charge is 2.32. The fourth-order valence-corrected chi connectivity index (χ4v) is 4.58. The van der Waals surface area contributed by atoms with Gasteiger partial charge in [0.25, 0.3) is 11.7 Å². The molecule has 10 nitrogen and oxygen atoms in total. The molecule has 0 N–H and O–H groups in total. The number of piperidine rings is 1. The lowest BCUT2D eigenvalue weighted by molar-refractivity contribution is 0.0703. The molecule has 1 aliphatic heterocycles. The molecule has 0 spiro atoms. The smallest absolute Gasteiger partial charge is 0.257 e. The van der Waals surface area contributed by atoms with Gasteiger partial charge in [-0.1, -0.05) is 0 Å². The molecule has 0 radical (unpaired) electrons. The van der Waals surface area contributed by atoms with Crippen molar-refractivity contribution in [3.05, 3.63) is 35.7 Å². The first kappa shape index (κ1) is 18.5. The topological polar surface area (TPSA) is 115 Å². The Morgan fingerprint density at radius 3 is 2.68 bits per heavy atom. The Morgan fingerprint density at radius 1 is 1.21 bits per heavy atom. The molecule has 28 heavy (non-hydrogen) atoms.